The third-order valence-corrected chi connectivity index (χ3v) is 6.13. The van der Waals surface area contributed by atoms with Gasteiger partial charge in [0.25, 0.3) is 0 Å². The second-order valence-electron chi connectivity index (χ2n) is 7.56. The van der Waals surface area contributed by atoms with Crippen LogP contribution in [0.2, 0.25) is 0 Å². The Kier molecular flexibility index (Phi) is 4.38. The number of aliphatic hydroxyl groups is 1. The number of nitrogens with zero attached hydrogens (tertiary/aromatic N) is 3. The molecule has 0 radical (unpaired) electrons. The molecule has 0 amide bonds. The molecule has 1 N–H and O–H groups in total. The van der Waals surface area contributed by atoms with Crippen LogP contribution in [0.4, 0.5) is 4.39 Å². The predicted molar refractivity (Wildman–Crippen MR) is 94.3 cm³/mol. The molecule has 25 heavy (non-hydrogen) atoms. The average molecular weight is 343 g/mol. The van der Waals surface area contributed by atoms with Crippen molar-refractivity contribution in [1.82, 2.24) is 14.5 Å². The number of halogens is 1. The standard InChI is InChI=1S/C20H26FN3O/c1-2-24-14-22-10-18(24)12-23-11-15-4-3-9-20(25,19(15)13-23)16-5-7-17(21)8-6-16/h5-8,10,14-15,19,25H,2-4,9,11-13H2,1H3/t15-,19+,20-/m0/s1. The summed E-state index contributed by atoms with van der Waals surface area (Å²) in [6.07, 6.45) is 6.78. The first-order valence-electron chi connectivity index (χ1n) is 9.30. The molecule has 1 aromatic carbocycles. The lowest BCUT2D eigenvalue weighted by atomic mass is 9.67. The zero-order valence-electron chi connectivity index (χ0n) is 14.7. The topological polar surface area (TPSA) is 41.3 Å². The van der Waals surface area contributed by atoms with Crippen molar-refractivity contribution in [3.63, 3.8) is 0 Å². The summed E-state index contributed by atoms with van der Waals surface area (Å²) in [5.41, 5.74) is 1.26. The van der Waals surface area contributed by atoms with Crippen molar-refractivity contribution in [3.8, 4) is 0 Å². The van der Waals surface area contributed by atoms with Gasteiger partial charge in [0, 0.05) is 38.3 Å². The van der Waals surface area contributed by atoms with Gasteiger partial charge in [0.15, 0.2) is 0 Å². The lowest BCUT2D eigenvalue weighted by molar-refractivity contribution is -0.0649. The van der Waals surface area contributed by atoms with Gasteiger partial charge in [0.1, 0.15) is 5.82 Å². The largest absolute Gasteiger partial charge is 0.385 e. The minimum atomic E-state index is -0.837. The Morgan fingerprint density at radius 2 is 2.08 bits per heavy atom. The number of hydrogen-bond acceptors (Lipinski definition) is 3. The van der Waals surface area contributed by atoms with Crippen LogP contribution in [0.1, 0.15) is 37.4 Å². The Morgan fingerprint density at radius 1 is 1.28 bits per heavy atom. The maximum absolute atomic E-state index is 13.3. The maximum atomic E-state index is 13.3. The number of imidazole rings is 1. The SMILES string of the molecule is CCn1cncc1CN1C[C@@H]2CCC[C@](O)(c3ccc(F)cc3)[C@@H]2C1. The molecule has 2 aliphatic rings. The van der Waals surface area contributed by atoms with Crippen molar-refractivity contribution >= 4 is 0 Å². The molecule has 2 heterocycles. The average Bonchev–Trinajstić information content (AvgIpc) is 3.23. The maximum Gasteiger partial charge on any atom is 0.123 e. The van der Waals surface area contributed by atoms with E-state index in [1.165, 1.54) is 17.8 Å². The van der Waals surface area contributed by atoms with Crippen molar-refractivity contribution in [2.45, 2.75) is 44.9 Å². The first kappa shape index (κ1) is 16.7. The summed E-state index contributed by atoms with van der Waals surface area (Å²) in [6, 6.07) is 6.44. The number of hydrogen-bond donors (Lipinski definition) is 1. The molecule has 5 heteroatoms. The number of rotatable bonds is 4. The van der Waals surface area contributed by atoms with Gasteiger partial charge in [-0.05, 0) is 49.8 Å². The van der Waals surface area contributed by atoms with Gasteiger partial charge < -0.3 is 9.67 Å². The Hall–Kier alpha value is -1.72. The molecule has 3 atom stereocenters. The van der Waals surface area contributed by atoms with E-state index in [0.29, 0.717) is 5.92 Å². The lowest BCUT2D eigenvalue weighted by Crippen LogP contribution is -2.42. The zero-order chi connectivity index (χ0) is 17.4. The summed E-state index contributed by atoms with van der Waals surface area (Å²) < 4.78 is 15.5. The van der Waals surface area contributed by atoms with Crippen molar-refractivity contribution in [2.75, 3.05) is 13.1 Å². The minimum absolute atomic E-state index is 0.213. The molecular formula is C20H26FN3O. The molecule has 134 valence electrons. The Bertz CT molecular complexity index is 729. The molecule has 1 aliphatic carbocycles. The van der Waals surface area contributed by atoms with E-state index in [1.54, 1.807) is 12.1 Å². The van der Waals surface area contributed by atoms with E-state index in [-0.39, 0.29) is 11.7 Å². The number of benzene rings is 1. The summed E-state index contributed by atoms with van der Waals surface area (Å²) in [7, 11) is 0. The molecule has 2 aromatic rings. The van der Waals surface area contributed by atoms with Crippen LogP contribution >= 0.6 is 0 Å². The highest BCUT2D eigenvalue weighted by Crippen LogP contribution is 2.48. The summed E-state index contributed by atoms with van der Waals surface area (Å²) in [6.45, 7) is 5.83. The molecule has 1 saturated carbocycles. The predicted octanol–water partition coefficient (Wildman–Crippen LogP) is 3.16. The molecule has 4 nitrogen and oxygen atoms in total. The lowest BCUT2D eigenvalue weighted by Gasteiger charge is -2.41. The molecule has 0 spiro atoms. The van der Waals surface area contributed by atoms with Gasteiger partial charge in [0.05, 0.1) is 17.6 Å². The van der Waals surface area contributed by atoms with Gasteiger partial charge in [-0.2, -0.15) is 0 Å². The van der Waals surface area contributed by atoms with Crippen molar-refractivity contribution in [2.24, 2.45) is 11.8 Å². The first-order chi connectivity index (χ1) is 12.1. The third kappa shape index (κ3) is 3.00. The van der Waals surface area contributed by atoms with E-state index < -0.39 is 5.60 Å². The Balaban J connectivity index is 1.55. The van der Waals surface area contributed by atoms with E-state index in [4.69, 9.17) is 0 Å². The molecule has 0 bridgehead atoms. The normalized spacial score (nSPS) is 29.7. The second kappa shape index (κ2) is 6.54. The number of aryl methyl sites for hydroxylation is 1. The molecular weight excluding hydrogens is 317 g/mol. The molecule has 1 aliphatic heterocycles. The van der Waals surface area contributed by atoms with Crippen molar-refractivity contribution < 1.29 is 9.50 Å². The smallest absolute Gasteiger partial charge is 0.123 e. The fourth-order valence-electron chi connectivity index (χ4n) is 4.83. The summed E-state index contributed by atoms with van der Waals surface area (Å²) in [5.74, 6) is 0.465. The Morgan fingerprint density at radius 3 is 2.84 bits per heavy atom. The quantitative estimate of drug-likeness (QED) is 0.927. The minimum Gasteiger partial charge on any atom is -0.385 e. The highest BCUT2D eigenvalue weighted by atomic mass is 19.1. The number of fused-ring (bicyclic) bond motifs is 1. The summed E-state index contributed by atoms with van der Waals surface area (Å²) >= 11 is 0. The highest BCUT2D eigenvalue weighted by molar-refractivity contribution is 5.26. The fourth-order valence-corrected chi connectivity index (χ4v) is 4.83. The first-order valence-corrected chi connectivity index (χ1v) is 9.30. The number of likely N-dealkylation sites (tertiary alicyclic amines) is 1. The van der Waals surface area contributed by atoms with Crippen LogP contribution in [0.25, 0.3) is 0 Å². The van der Waals surface area contributed by atoms with Crippen LogP contribution in [-0.2, 0) is 18.7 Å². The van der Waals surface area contributed by atoms with E-state index >= 15 is 0 Å². The van der Waals surface area contributed by atoms with Gasteiger partial charge >= 0.3 is 0 Å². The molecule has 4 rings (SSSR count). The van der Waals surface area contributed by atoms with Gasteiger partial charge in [-0.3, -0.25) is 4.90 Å². The van der Waals surface area contributed by atoms with Crippen LogP contribution in [0.15, 0.2) is 36.8 Å². The monoisotopic (exact) mass is 343 g/mol. The summed E-state index contributed by atoms with van der Waals surface area (Å²) in [4.78, 5) is 6.70. The van der Waals surface area contributed by atoms with Crippen molar-refractivity contribution in [3.05, 3.63) is 53.9 Å². The highest BCUT2D eigenvalue weighted by Gasteiger charge is 2.49. The zero-order valence-corrected chi connectivity index (χ0v) is 14.7. The number of aromatic nitrogens is 2. The van der Waals surface area contributed by atoms with Crippen LogP contribution in [-0.4, -0.2) is 32.6 Å². The van der Waals surface area contributed by atoms with E-state index in [1.807, 2.05) is 12.5 Å². The fraction of sp³-hybridized carbons (Fsp3) is 0.550. The molecule has 2 fully saturated rings. The van der Waals surface area contributed by atoms with E-state index in [9.17, 15) is 9.50 Å². The van der Waals surface area contributed by atoms with Crippen molar-refractivity contribution in [1.29, 1.82) is 0 Å². The Labute approximate surface area is 148 Å². The van der Waals surface area contributed by atoms with E-state index in [0.717, 1.165) is 51.0 Å². The second-order valence-corrected chi connectivity index (χ2v) is 7.56. The van der Waals surface area contributed by atoms with E-state index in [2.05, 4.69) is 21.4 Å². The molecule has 0 unspecified atom stereocenters. The van der Waals surface area contributed by atoms with Crippen LogP contribution in [0, 0.1) is 17.7 Å². The van der Waals surface area contributed by atoms with Crippen LogP contribution < -0.4 is 0 Å². The van der Waals surface area contributed by atoms with Gasteiger partial charge in [-0.1, -0.05) is 12.1 Å². The van der Waals surface area contributed by atoms with Gasteiger partial charge in [-0.15, -0.1) is 0 Å². The van der Waals surface area contributed by atoms with Gasteiger partial charge in [-0.25, -0.2) is 9.37 Å². The third-order valence-electron chi connectivity index (χ3n) is 6.13. The molecule has 1 aromatic heterocycles. The molecule has 1 saturated heterocycles. The van der Waals surface area contributed by atoms with Crippen LogP contribution in [0.3, 0.4) is 0 Å². The van der Waals surface area contributed by atoms with Crippen LogP contribution in [0.5, 0.6) is 0 Å². The summed E-state index contributed by atoms with van der Waals surface area (Å²) in [5, 5.41) is 11.5. The van der Waals surface area contributed by atoms with Gasteiger partial charge in [0.2, 0.25) is 0 Å².